The minimum Gasteiger partial charge on any atom is -0.478 e. The third kappa shape index (κ3) is 1.66. The van der Waals surface area contributed by atoms with E-state index in [1.807, 2.05) is 24.3 Å². The van der Waals surface area contributed by atoms with Crippen molar-refractivity contribution in [1.82, 2.24) is 4.98 Å². The molecule has 2 aromatic rings. The van der Waals surface area contributed by atoms with E-state index in [4.69, 9.17) is 0 Å². The molecule has 3 rings (SSSR count). The topological polar surface area (TPSA) is 70.4 Å². The summed E-state index contributed by atoms with van der Waals surface area (Å²) < 4.78 is 0. The summed E-state index contributed by atoms with van der Waals surface area (Å²) in [6.07, 6.45) is 2.39. The maximum Gasteiger partial charge on any atom is 0.337 e. The van der Waals surface area contributed by atoms with Crippen molar-refractivity contribution in [3.63, 3.8) is 0 Å². The van der Waals surface area contributed by atoms with Gasteiger partial charge in [-0.3, -0.25) is 4.98 Å². The first-order chi connectivity index (χ1) is 8.66. The van der Waals surface area contributed by atoms with Gasteiger partial charge >= 0.3 is 5.97 Å². The molecule has 4 nitrogen and oxygen atoms in total. The van der Waals surface area contributed by atoms with E-state index >= 15 is 0 Å². The van der Waals surface area contributed by atoms with Crippen LogP contribution < -0.4 is 0 Å². The number of hydrogen-bond donors (Lipinski definition) is 2. The second-order valence-electron chi connectivity index (χ2n) is 4.73. The van der Waals surface area contributed by atoms with Gasteiger partial charge in [-0.05, 0) is 30.4 Å². The number of hydrogen-bond acceptors (Lipinski definition) is 3. The van der Waals surface area contributed by atoms with Crippen molar-refractivity contribution in [2.24, 2.45) is 0 Å². The van der Waals surface area contributed by atoms with Gasteiger partial charge in [0.1, 0.15) is 0 Å². The summed E-state index contributed by atoms with van der Waals surface area (Å²) in [7, 11) is 0. The highest BCUT2D eigenvalue weighted by atomic mass is 16.4. The molecule has 0 amide bonds. The quantitative estimate of drug-likeness (QED) is 0.848. The molecule has 1 aliphatic carbocycles. The molecule has 0 bridgehead atoms. The largest absolute Gasteiger partial charge is 0.478 e. The Morgan fingerprint density at radius 2 is 2.00 bits per heavy atom. The van der Waals surface area contributed by atoms with E-state index < -0.39 is 5.97 Å². The molecule has 1 saturated carbocycles. The van der Waals surface area contributed by atoms with Gasteiger partial charge in [0.15, 0.2) is 0 Å². The van der Waals surface area contributed by atoms with Gasteiger partial charge in [-0.25, -0.2) is 4.79 Å². The molecule has 0 unspecified atom stereocenters. The van der Waals surface area contributed by atoms with Crippen LogP contribution in [0.5, 0.6) is 0 Å². The van der Waals surface area contributed by atoms with Crippen molar-refractivity contribution in [2.45, 2.75) is 24.9 Å². The Balaban J connectivity index is 2.22. The maximum absolute atomic E-state index is 11.3. The fourth-order valence-corrected chi connectivity index (χ4v) is 2.60. The number of carbonyl (C=O) groups is 1. The predicted octanol–water partition coefficient (Wildman–Crippen LogP) is 2.17. The number of aromatic carboxylic acids is 1. The summed E-state index contributed by atoms with van der Waals surface area (Å²) in [6.45, 7) is 0. The van der Waals surface area contributed by atoms with E-state index in [2.05, 4.69) is 4.98 Å². The van der Waals surface area contributed by atoms with Crippen LogP contribution in [0.4, 0.5) is 0 Å². The molecule has 1 aromatic heterocycles. The number of nitrogens with zero attached hydrogens (tertiary/aromatic N) is 1. The van der Waals surface area contributed by atoms with Gasteiger partial charge in [-0.2, -0.15) is 0 Å². The van der Waals surface area contributed by atoms with Crippen molar-refractivity contribution in [2.75, 3.05) is 0 Å². The normalized spacial score (nSPS) is 22.7. The van der Waals surface area contributed by atoms with Crippen molar-refractivity contribution in [3.8, 4) is 0 Å². The predicted molar refractivity (Wildman–Crippen MR) is 66.7 cm³/mol. The first kappa shape index (κ1) is 11.2. The van der Waals surface area contributed by atoms with Crippen LogP contribution in [0.3, 0.4) is 0 Å². The van der Waals surface area contributed by atoms with E-state index in [1.165, 1.54) is 6.20 Å². The molecule has 1 aromatic carbocycles. The number of pyridine rings is 1. The van der Waals surface area contributed by atoms with Gasteiger partial charge in [0.2, 0.25) is 0 Å². The van der Waals surface area contributed by atoms with Crippen LogP contribution in [0.2, 0.25) is 0 Å². The highest BCUT2D eigenvalue weighted by molar-refractivity contribution is 5.96. The lowest BCUT2D eigenvalue weighted by Gasteiger charge is -2.33. The molecular formula is C14H13NO3. The summed E-state index contributed by atoms with van der Waals surface area (Å²) in [4.78, 5) is 15.5. The molecule has 0 atom stereocenters. The second-order valence-corrected chi connectivity index (χ2v) is 4.73. The van der Waals surface area contributed by atoms with Crippen LogP contribution in [-0.2, 0) is 0 Å². The maximum atomic E-state index is 11.3. The molecule has 1 fully saturated rings. The number of carboxylic acid groups (broad SMARTS) is 1. The number of carboxylic acids is 1. The van der Waals surface area contributed by atoms with Crippen LogP contribution in [0.25, 0.3) is 10.9 Å². The molecule has 18 heavy (non-hydrogen) atoms. The van der Waals surface area contributed by atoms with Gasteiger partial charge < -0.3 is 10.2 Å². The summed E-state index contributed by atoms with van der Waals surface area (Å²) in [6, 6.07) is 7.54. The van der Waals surface area contributed by atoms with Gasteiger partial charge in [-0.15, -0.1) is 0 Å². The van der Waals surface area contributed by atoms with Gasteiger partial charge in [0, 0.05) is 11.6 Å². The minimum absolute atomic E-state index is 0.124. The minimum atomic E-state index is -0.954. The van der Waals surface area contributed by atoms with E-state index in [9.17, 15) is 15.0 Å². The molecule has 0 radical (unpaired) electrons. The molecule has 0 saturated heterocycles. The summed E-state index contributed by atoms with van der Waals surface area (Å²) in [5.41, 5.74) is 1.88. The Morgan fingerprint density at radius 1 is 1.28 bits per heavy atom. The fourth-order valence-electron chi connectivity index (χ4n) is 2.60. The van der Waals surface area contributed by atoms with Crippen LogP contribution in [0, 0.1) is 0 Å². The van der Waals surface area contributed by atoms with E-state index in [0.717, 1.165) is 16.5 Å². The zero-order valence-electron chi connectivity index (χ0n) is 9.71. The summed E-state index contributed by atoms with van der Waals surface area (Å²) in [5, 5.41) is 19.6. The molecule has 1 aliphatic rings. The van der Waals surface area contributed by atoms with Crippen LogP contribution in [-0.4, -0.2) is 27.3 Å². The van der Waals surface area contributed by atoms with E-state index in [0.29, 0.717) is 12.8 Å². The van der Waals surface area contributed by atoms with Crippen molar-refractivity contribution in [3.05, 3.63) is 41.6 Å². The Hall–Kier alpha value is -1.94. The lowest BCUT2D eigenvalue weighted by atomic mass is 9.75. The highest BCUT2D eigenvalue weighted by Crippen LogP contribution is 2.41. The van der Waals surface area contributed by atoms with E-state index in [-0.39, 0.29) is 17.6 Å². The zero-order valence-corrected chi connectivity index (χ0v) is 9.71. The average molecular weight is 243 g/mol. The lowest BCUT2D eigenvalue weighted by molar-refractivity contribution is 0.0660. The smallest absolute Gasteiger partial charge is 0.337 e. The standard InChI is InChI=1S/C14H13NO3/c16-9-5-8(6-9)13-10-3-1-2-4-12(10)15-7-11(13)14(17)18/h1-4,7-9,16H,5-6H2,(H,17,18). The lowest BCUT2D eigenvalue weighted by Crippen LogP contribution is -2.28. The fraction of sp³-hybridized carbons (Fsp3) is 0.286. The number of para-hydroxylation sites is 1. The summed E-state index contributed by atoms with van der Waals surface area (Å²) in [5.74, 6) is -0.830. The van der Waals surface area contributed by atoms with Gasteiger partial charge in [0.25, 0.3) is 0 Å². The van der Waals surface area contributed by atoms with Crippen molar-refractivity contribution >= 4 is 16.9 Å². The molecule has 2 N–H and O–H groups in total. The Morgan fingerprint density at radius 3 is 2.67 bits per heavy atom. The van der Waals surface area contributed by atoms with Crippen molar-refractivity contribution < 1.29 is 15.0 Å². The average Bonchev–Trinajstić information content (AvgIpc) is 2.33. The van der Waals surface area contributed by atoms with Crippen LogP contribution >= 0.6 is 0 Å². The first-order valence-corrected chi connectivity index (χ1v) is 5.96. The second kappa shape index (κ2) is 4.07. The van der Waals surface area contributed by atoms with Crippen molar-refractivity contribution in [1.29, 1.82) is 0 Å². The monoisotopic (exact) mass is 243 g/mol. The zero-order chi connectivity index (χ0) is 12.7. The SMILES string of the molecule is O=C(O)c1cnc2ccccc2c1C1CC(O)C1. The number of fused-ring (bicyclic) bond motifs is 1. The molecule has 92 valence electrons. The van der Waals surface area contributed by atoms with E-state index in [1.54, 1.807) is 0 Å². The number of aliphatic hydroxyl groups is 1. The molecule has 4 heteroatoms. The number of aliphatic hydroxyl groups excluding tert-OH is 1. The number of aromatic nitrogens is 1. The van der Waals surface area contributed by atoms with Gasteiger partial charge in [-0.1, -0.05) is 18.2 Å². The first-order valence-electron chi connectivity index (χ1n) is 5.96. The van der Waals surface area contributed by atoms with Crippen LogP contribution in [0.1, 0.15) is 34.7 Å². The Kier molecular flexibility index (Phi) is 2.52. The third-order valence-corrected chi connectivity index (χ3v) is 3.57. The third-order valence-electron chi connectivity index (χ3n) is 3.57. The summed E-state index contributed by atoms with van der Waals surface area (Å²) >= 11 is 0. The highest BCUT2D eigenvalue weighted by Gasteiger charge is 2.32. The Labute approximate surface area is 104 Å². The number of rotatable bonds is 2. The van der Waals surface area contributed by atoms with Crippen LogP contribution in [0.15, 0.2) is 30.5 Å². The molecule has 1 heterocycles. The molecule has 0 spiro atoms. The number of benzene rings is 1. The Bertz CT molecular complexity index is 617. The molecular weight excluding hydrogens is 230 g/mol. The molecule has 0 aliphatic heterocycles. The van der Waals surface area contributed by atoms with Gasteiger partial charge in [0.05, 0.1) is 17.2 Å².